The highest BCUT2D eigenvalue weighted by atomic mass is 35.5. The minimum absolute atomic E-state index is 0.561. The number of rotatable bonds is 5. The summed E-state index contributed by atoms with van der Waals surface area (Å²) in [4.78, 5) is 0. The molecule has 1 aromatic heterocycles. The number of nitrogens with zero attached hydrogens (tertiary/aromatic N) is 2. The minimum Gasteiger partial charge on any atom is -0.319 e. The van der Waals surface area contributed by atoms with Gasteiger partial charge in [-0.2, -0.15) is 5.10 Å². The molecule has 0 saturated heterocycles. The summed E-state index contributed by atoms with van der Waals surface area (Å²) in [7, 11) is 1.98. The Bertz CT molecular complexity index is 635. The van der Waals surface area contributed by atoms with E-state index in [-0.39, 0.29) is 0 Å². The molecule has 0 spiro atoms. The number of aromatic nitrogens is 2. The van der Waals surface area contributed by atoms with Crippen LogP contribution in [-0.4, -0.2) is 23.4 Å². The lowest BCUT2D eigenvalue weighted by Gasteiger charge is -2.11. The summed E-state index contributed by atoms with van der Waals surface area (Å²) in [5, 5.41) is 9.12. The lowest BCUT2D eigenvalue weighted by atomic mass is 9.99. The van der Waals surface area contributed by atoms with Crippen LogP contribution in [0.4, 0.5) is 0 Å². The normalized spacial score (nSPS) is 12.7. The average molecular weight is 326 g/mol. The van der Waals surface area contributed by atoms with Crippen molar-refractivity contribution in [2.45, 2.75) is 27.2 Å². The zero-order chi connectivity index (χ0) is 15.6. The summed E-state index contributed by atoms with van der Waals surface area (Å²) in [5.41, 5.74) is 4.36. The first kappa shape index (κ1) is 16.3. The molecule has 2 aromatic rings. The van der Waals surface area contributed by atoms with Gasteiger partial charge in [0.15, 0.2) is 0 Å². The molecule has 5 heteroatoms. The Morgan fingerprint density at radius 3 is 2.62 bits per heavy atom. The van der Waals surface area contributed by atoms with E-state index in [9.17, 15) is 0 Å². The maximum atomic E-state index is 6.30. The molecule has 0 fully saturated rings. The smallest absolute Gasteiger partial charge is 0.0836 e. The molecule has 1 atom stereocenters. The molecule has 1 N–H and O–H groups in total. The molecule has 0 saturated carbocycles. The maximum Gasteiger partial charge on any atom is 0.0836 e. The van der Waals surface area contributed by atoms with E-state index in [4.69, 9.17) is 23.2 Å². The van der Waals surface area contributed by atoms with Crippen molar-refractivity contribution in [3.05, 3.63) is 45.2 Å². The molecule has 114 valence electrons. The fourth-order valence-corrected chi connectivity index (χ4v) is 3.12. The summed E-state index contributed by atoms with van der Waals surface area (Å²) in [6, 6.07) is 5.49. The van der Waals surface area contributed by atoms with E-state index in [1.54, 1.807) is 6.07 Å². The van der Waals surface area contributed by atoms with Gasteiger partial charge in [0.05, 0.1) is 16.4 Å². The second-order valence-corrected chi connectivity index (χ2v) is 6.37. The summed E-state index contributed by atoms with van der Waals surface area (Å²) in [6.45, 7) is 7.37. The first-order valence-electron chi connectivity index (χ1n) is 7.09. The Balaban J connectivity index is 2.38. The zero-order valence-electron chi connectivity index (χ0n) is 12.9. The van der Waals surface area contributed by atoms with Crippen LogP contribution in [0.5, 0.6) is 0 Å². The van der Waals surface area contributed by atoms with Crippen LogP contribution in [0.15, 0.2) is 18.2 Å². The summed E-state index contributed by atoms with van der Waals surface area (Å²) >= 11 is 12.3. The van der Waals surface area contributed by atoms with E-state index >= 15 is 0 Å². The van der Waals surface area contributed by atoms with Crippen molar-refractivity contribution in [2.75, 3.05) is 13.6 Å². The van der Waals surface area contributed by atoms with E-state index in [1.165, 1.54) is 5.56 Å². The lowest BCUT2D eigenvalue weighted by Crippen LogP contribution is -2.18. The van der Waals surface area contributed by atoms with Gasteiger partial charge in [-0.15, -0.1) is 0 Å². The van der Waals surface area contributed by atoms with Crippen LogP contribution in [-0.2, 0) is 6.42 Å². The van der Waals surface area contributed by atoms with Crippen LogP contribution in [0.2, 0.25) is 10.0 Å². The molecule has 1 aromatic carbocycles. The van der Waals surface area contributed by atoms with Gasteiger partial charge >= 0.3 is 0 Å². The zero-order valence-corrected chi connectivity index (χ0v) is 14.4. The molecule has 2 rings (SSSR count). The van der Waals surface area contributed by atoms with E-state index in [0.717, 1.165) is 30.0 Å². The van der Waals surface area contributed by atoms with Gasteiger partial charge < -0.3 is 5.32 Å². The standard InChI is InChI=1S/C16H21Cl2N3/c1-10(9-19-4)7-14-11(2)20-21(12(14)3)16-6-5-13(17)8-15(16)18/h5-6,8,10,19H,7,9H2,1-4H3. The number of hydrogen-bond donors (Lipinski definition) is 1. The van der Waals surface area contributed by atoms with E-state index in [1.807, 2.05) is 23.9 Å². The fourth-order valence-electron chi connectivity index (χ4n) is 2.63. The van der Waals surface area contributed by atoms with Crippen molar-refractivity contribution in [3.8, 4) is 5.69 Å². The predicted octanol–water partition coefficient (Wildman–Crippen LogP) is 4.19. The molecular weight excluding hydrogens is 305 g/mol. The Morgan fingerprint density at radius 1 is 1.29 bits per heavy atom. The Labute approximate surface area is 136 Å². The van der Waals surface area contributed by atoms with Gasteiger partial charge in [0.25, 0.3) is 0 Å². The van der Waals surface area contributed by atoms with Gasteiger partial charge in [-0.05, 0) is 63.5 Å². The van der Waals surface area contributed by atoms with E-state index in [2.05, 4.69) is 31.2 Å². The first-order valence-corrected chi connectivity index (χ1v) is 7.84. The predicted molar refractivity (Wildman–Crippen MR) is 89.9 cm³/mol. The quantitative estimate of drug-likeness (QED) is 0.893. The van der Waals surface area contributed by atoms with Crippen molar-refractivity contribution >= 4 is 23.2 Å². The second kappa shape index (κ2) is 6.82. The van der Waals surface area contributed by atoms with Crippen LogP contribution >= 0.6 is 23.2 Å². The topological polar surface area (TPSA) is 29.9 Å². The Hall–Kier alpha value is -1.03. The van der Waals surface area contributed by atoms with Crippen molar-refractivity contribution in [2.24, 2.45) is 5.92 Å². The third-order valence-corrected chi connectivity index (χ3v) is 4.22. The second-order valence-electron chi connectivity index (χ2n) is 5.52. The molecular formula is C16H21Cl2N3. The van der Waals surface area contributed by atoms with Crippen LogP contribution < -0.4 is 5.32 Å². The number of benzene rings is 1. The monoisotopic (exact) mass is 325 g/mol. The molecule has 0 aliphatic heterocycles. The Morgan fingerprint density at radius 2 is 2.00 bits per heavy atom. The van der Waals surface area contributed by atoms with Gasteiger partial charge in [0.1, 0.15) is 0 Å². The SMILES string of the molecule is CNCC(C)Cc1c(C)nn(-c2ccc(Cl)cc2Cl)c1C. The number of hydrogen-bond acceptors (Lipinski definition) is 2. The van der Waals surface area contributed by atoms with Crippen LogP contribution in [0.1, 0.15) is 23.9 Å². The summed E-state index contributed by atoms with van der Waals surface area (Å²) in [6.07, 6.45) is 1.00. The van der Waals surface area contributed by atoms with Gasteiger partial charge in [-0.25, -0.2) is 4.68 Å². The Kier molecular flexibility index (Phi) is 5.31. The highest BCUT2D eigenvalue weighted by Gasteiger charge is 2.16. The van der Waals surface area contributed by atoms with Crippen molar-refractivity contribution in [1.29, 1.82) is 0 Å². The molecule has 0 aliphatic carbocycles. The molecule has 0 bridgehead atoms. The molecule has 21 heavy (non-hydrogen) atoms. The van der Waals surface area contributed by atoms with Gasteiger partial charge in [-0.3, -0.25) is 0 Å². The molecule has 1 heterocycles. The first-order chi connectivity index (χ1) is 9.93. The van der Waals surface area contributed by atoms with Crippen molar-refractivity contribution < 1.29 is 0 Å². The van der Waals surface area contributed by atoms with Crippen LogP contribution in [0.3, 0.4) is 0 Å². The molecule has 1 unspecified atom stereocenters. The largest absolute Gasteiger partial charge is 0.319 e. The average Bonchev–Trinajstić information content (AvgIpc) is 2.67. The highest BCUT2D eigenvalue weighted by Crippen LogP contribution is 2.27. The van der Waals surface area contributed by atoms with Gasteiger partial charge in [-0.1, -0.05) is 30.1 Å². The third-order valence-electron chi connectivity index (χ3n) is 3.68. The minimum atomic E-state index is 0.561. The maximum absolute atomic E-state index is 6.30. The number of halogens is 2. The fraction of sp³-hybridized carbons (Fsp3) is 0.438. The summed E-state index contributed by atoms with van der Waals surface area (Å²) < 4.78 is 1.91. The van der Waals surface area contributed by atoms with Crippen LogP contribution in [0.25, 0.3) is 5.69 Å². The number of aryl methyl sites for hydroxylation is 1. The molecule has 0 aliphatic rings. The molecule has 0 radical (unpaired) electrons. The molecule has 0 amide bonds. The van der Waals surface area contributed by atoms with E-state index < -0.39 is 0 Å². The van der Waals surface area contributed by atoms with E-state index in [0.29, 0.717) is 16.0 Å². The van der Waals surface area contributed by atoms with Gasteiger partial charge in [0, 0.05) is 10.7 Å². The highest BCUT2D eigenvalue weighted by molar-refractivity contribution is 6.35. The third kappa shape index (κ3) is 3.60. The summed E-state index contributed by atoms with van der Waals surface area (Å²) in [5.74, 6) is 0.561. The van der Waals surface area contributed by atoms with Gasteiger partial charge in [0.2, 0.25) is 0 Å². The number of nitrogens with one attached hydrogen (secondary N) is 1. The van der Waals surface area contributed by atoms with Crippen molar-refractivity contribution in [3.63, 3.8) is 0 Å². The van der Waals surface area contributed by atoms with Crippen LogP contribution in [0, 0.1) is 19.8 Å². The molecule has 3 nitrogen and oxygen atoms in total. The lowest BCUT2D eigenvalue weighted by molar-refractivity contribution is 0.539. The van der Waals surface area contributed by atoms with Crippen molar-refractivity contribution in [1.82, 2.24) is 15.1 Å².